The molecule has 0 N–H and O–H groups in total. The Bertz CT molecular complexity index is 1040. The molecule has 0 saturated carbocycles. The van der Waals surface area contributed by atoms with Crippen molar-refractivity contribution in [1.82, 2.24) is 14.5 Å². The molecule has 10 heteroatoms. The van der Waals surface area contributed by atoms with Gasteiger partial charge in [-0.15, -0.1) is 21.5 Å². The molecule has 1 aliphatic heterocycles. The Kier molecular flexibility index (Phi) is 5.15. The van der Waals surface area contributed by atoms with Crippen LogP contribution in [0.1, 0.15) is 24.7 Å². The summed E-state index contributed by atoms with van der Waals surface area (Å²) in [7, 11) is -3.47. The first-order valence-corrected chi connectivity index (χ1v) is 11.3. The summed E-state index contributed by atoms with van der Waals surface area (Å²) in [5.74, 6) is 0.506. The largest absolute Gasteiger partial charge is 0.420 e. The first kappa shape index (κ1) is 18.7. The molecule has 0 spiro atoms. The zero-order valence-corrected chi connectivity index (χ0v) is 17.2. The Morgan fingerprint density at radius 1 is 1.11 bits per heavy atom. The topological polar surface area (TPSA) is 76.3 Å². The van der Waals surface area contributed by atoms with Crippen LogP contribution >= 0.6 is 27.3 Å². The van der Waals surface area contributed by atoms with Gasteiger partial charge in [-0.2, -0.15) is 4.31 Å². The number of benzene rings is 1. The third kappa shape index (κ3) is 3.84. The van der Waals surface area contributed by atoms with Crippen LogP contribution in [-0.4, -0.2) is 36.0 Å². The molecule has 142 valence electrons. The molecule has 3 aromatic rings. The predicted molar refractivity (Wildman–Crippen MR) is 102 cm³/mol. The Labute approximate surface area is 168 Å². The minimum atomic E-state index is -3.47. The summed E-state index contributed by atoms with van der Waals surface area (Å²) in [6.45, 7) is 0.799. The van der Waals surface area contributed by atoms with Gasteiger partial charge in [-0.1, -0.05) is 0 Å². The first-order chi connectivity index (χ1) is 12.9. The highest BCUT2D eigenvalue weighted by molar-refractivity contribution is 9.11. The molecular weight excluding hydrogens is 457 g/mol. The smallest absolute Gasteiger partial charge is 0.252 e. The van der Waals surface area contributed by atoms with Crippen LogP contribution < -0.4 is 0 Å². The molecule has 0 unspecified atom stereocenters. The van der Waals surface area contributed by atoms with Gasteiger partial charge < -0.3 is 4.42 Å². The molecule has 6 nitrogen and oxygen atoms in total. The second kappa shape index (κ2) is 7.42. The van der Waals surface area contributed by atoms with Gasteiger partial charge in [0.1, 0.15) is 10.0 Å². The van der Waals surface area contributed by atoms with Crippen molar-refractivity contribution in [3.05, 3.63) is 51.9 Å². The van der Waals surface area contributed by atoms with Gasteiger partial charge in [-0.25, -0.2) is 12.8 Å². The molecule has 3 heterocycles. The minimum absolute atomic E-state index is 0.00761. The van der Waals surface area contributed by atoms with E-state index < -0.39 is 10.0 Å². The van der Waals surface area contributed by atoms with Gasteiger partial charge in [0.15, 0.2) is 0 Å². The van der Waals surface area contributed by atoms with Gasteiger partial charge in [0.25, 0.3) is 10.0 Å². The average Bonchev–Trinajstić information content (AvgIpc) is 3.32. The fourth-order valence-electron chi connectivity index (χ4n) is 3.02. The van der Waals surface area contributed by atoms with Crippen LogP contribution in [0.3, 0.4) is 0 Å². The fourth-order valence-corrected chi connectivity index (χ4v) is 6.65. The lowest BCUT2D eigenvalue weighted by molar-refractivity contribution is 0.292. The maximum atomic E-state index is 13.0. The van der Waals surface area contributed by atoms with E-state index in [0.29, 0.717) is 47.5 Å². The lowest BCUT2D eigenvalue weighted by Gasteiger charge is -2.29. The van der Waals surface area contributed by atoms with Crippen molar-refractivity contribution in [2.75, 3.05) is 13.1 Å². The maximum absolute atomic E-state index is 13.0. The lowest BCUT2D eigenvalue weighted by atomic mass is 9.98. The molecule has 2 aromatic heterocycles. The summed E-state index contributed by atoms with van der Waals surface area (Å²) < 4.78 is 46.8. The van der Waals surface area contributed by atoms with Crippen LogP contribution in [0.15, 0.2) is 48.8 Å². The van der Waals surface area contributed by atoms with Crippen molar-refractivity contribution in [3.8, 4) is 11.5 Å². The number of piperidine rings is 1. The van der Waals surface area contributed by atoms with Gasteiger partial charge in [0, 0.05) is 24.6 Å². The van der Waals surface area contributed by atoms with E-state index in [4.69, 9.17) is 4.42 Å². The summed E-state index contributed by atoms with van der Waals surface area (Å²) in [5.41, 5.74) is 0.651. The quantitative estimate of drug-likeness (QED) is 0.567. The van der Waals surface area contributed by atoms with Gasteiger partial charge in [-0.05, 0) is 65.2 Å². The van der Waals surface area contributed by atoms with Crippen molar-refractivity contribution < 1.29 is 17.2 Å². The summed E-state index contributed by atoms with van der Waals surface area (Å²) in [6, 6.07) is 9.20. The molecule has 0 radical (unpaired) electrons. The number of halogens is 2. The Morgan fingerprint density at radius 3 is 2.44 bits per heavy atom. The monoisotopic (exact) mass is 471 g/mol. The van der Waals surface area contributed by atoms with E-state index in [1.54, 1.807) is 24.3 Å². The van der Waals surface area contributed by atoms with E-state index in [-0.39, 0.29) is 11.7 Å². The van der Waals surface area contributed by atoms with Gasteiger partial charge in [0.05, 0.1) is 3.79 Å². The van der Waals surface area contributed by atoms with E-state index in [2.05, 4.69) is 26.1 Å². The molecule has 1 saturated heterocycles. The second-order valence-corrected chi connectivity index (χ2v) is 10.8. The number of aromatic nitrogens is 2. The Hall–Kier alpha value is -1.62. The fraction of sp³-hybridized carbons (Fsp3) is 0.294. The van der Waals surface area contributed by atoms with Gasteiger partial charge >= 0.3 is 0 Å². The molecule has 4 rings (SSSR count). The predicted octanol–water partition coefficient (Wildman–Crippen LogP) is 4.27. The third-order valence-corrected chi connectivity index (χ3v) is 8.47. The zero-order chi connectivity index (χ0) is 19.0. The molecule has 0 amide bonds. The summed E-state index contributed by atoms with van der Waals surface area (Å²) in [5, 5.41) is 8.14. The summed E-state index contributed by atoms with van der Waals surface area (Å²) in [4.78, 5) is 0. The van der Waals surface area contributed by atoms with Crippen molar-refractivity contribution in [3.63, 3.8) is 0 Å². The zero-order valence-electron chi connectivity index (χ0n) is 14.0. The normalized spacial score (nSPS) is 16.7. The number of nitrogens with zero attached hydrogens (tertiary/aromatic N) is 3. The molecular formula is C17H15BrFN3O3S2. The molecule has 27 heavy (non-hydrogen) atoms. The number of hydrogen-bond acceptors (Lipinski definition) is 6. The van der Waals surface area contributed by atoms with Crippen LogP contribution in [0.5, 0.6) is 0 Å². The van der Waals surface area contributed by atoms with Crippen molar-refractivity contribution >= 4 is 37.3 Å². The van der Waals surface area contributed by atoms with Gasteiger partial charge in [0.2, 0.25) is 11.8 Å². The van der Waals surface area contributed by atoms with Crippen LogP contribution in [-0.2, 0) is 10.0 Å². The Balaban J connectivity index is 1.44. The second-order valence-electron chi connectivity index (χ2n) is 6.19. The van der Waals surface area contributed by atoms with E-state index in [1.165, 1.54) is 27.8 Å². The van der Waals surface area contributed by atoms with Crippen LogP contribution in [0.25, 0.3) is 11.5 Å². The van der Waals surface area contributed by atoms with E-state index >= 15 is 0 Å². The van der Waals surface area contributed by atoms with Crippen molar-refractivity contribution in [2.45, 2.75) is 23.0 Å². The minimum Gasteiger partial charge on any atom is -0.420 e. The number of rotatable bonds is 4. The van der Waals surface area contributed by atoms with Crippen molar-refractivity contribution in [2.24, 2.45) is 0 Å². The van der Waals surface area contributed by atoms with Crippen molar-refractivity contribution in [1.29, 1.82) is 0 Å². The highest BCUT2D eigenvalue weighted by Gasteiger charge is 2.32. The van der Waals surface area contributed by atoms with Crippen LogP contribution in [0.4, 0.5) is 4.39 Å². The first-order valence-electron chi connectivity index (χ1n) is 8.28. The molecule has 1 aromatic carbocycles. The summed E-state index contributed by atoms with van der Waals surface area (Å²) in [6.07, 6.45) is 1.22. The van der Waals surface area contributed by atoms with E-state index in [0.717, 1.165) is 3.79 Å². The third-order valence-electron chi connectivity index (χ3n) is 4.48. The van der Waals surface area contributed by atoms with E-state index in [1.807, 2.05) is 0 Å². The van der Waals surface area contributed by atoms with Crippen LogP contribution in [0, 0.1) is 5.82 Å². The number of hydrogen-bond donors (Lipinski definition) is 0. The molecule has 0 aliphatic carbocycles. The van der Waals surface area contributed by atoms with Gasteiger partial charge in [-0.3, -0.25) is 0 Å². The molecule has 0 bridgehead atoms. The molecule has 0 atom stereocenters. The molecule has 1 aliphatic rings. The van der Waals surface area contributed by atoms with E-state index in [9.17, 15) is 12.8 Å². The lowest BCUT2D eigenvalue weighted by Crippen LogP contribution is -2.37. The average molecular weight is 472 g/mol. The number of thiophene rings is 1. The number of sulfonamides is 1. The molecule has 1 fully saturated rings. The highest BCUT2D eigenvalue weighted by Crippen LogP contribution is 2.34. The maximum Gasteiger partial charge on any atom is 0.252 e. The standard InChI is InChI=1S/C17H15BrFN3O3S2/c18-14-5-6-15(26-14)27(23,24)22-9-7-12(8-10-22)17-21-20-16(25-17)11-1-3-13(19)4-2-11/h1-6,12H,7-10H2. The Morgan fingerprint density at radius 2 is 1.81 bits per heavy atom. The van der Waals surface area contributed by atoms with Crippen LogP contribution in [0.2, 0.25) is 0 Å². The SMILES string of the molecule is O=S(=O)(c1ccc(Br)s1)N1CCC(c2nnc(-c3ccc(F)cc3)o2)CC1. The summed E-state index contributed by atoms with van der Waals surface area (Å²) >= 11 is 4.51. The highest BCUT2D eigenvalue weighted by atomic mass is 79.9.